The summed E-state index contributed by atoms with van der Waals surface area (Å²) in [6, 6.07) is 26.9. The molecule has 1 saturated heterocycles. The third-order valence-electron chi connectivity index (χ3n) is 5.69. The number of hydrogen-bond donors (Lipinski definition) is 2. The first-order chi connectivity index (χ1) is 15.2. The van der Waals surface area contributed by atoms with Crippen LogP contribution in [0.25, 0.3) is 0 Å². The first-order valence-corrected chi connectivity index (χ1v) is 10.4. The van der Waals surface area contributed by atoms with Crippen LogP contribution in [0.5, 0.6) is 5.75 Å². The van der Waals surface area contributed by atoms with E-state index in [4.69, 9.17) is 4.99 Å². The molecule has 0 aromatic heterocycles. The first-order valence-electron chi connectivity index (χ1n) is 10.4. The van der Waals surface area contributed by atoms with Crippen molar-refractivity contribution in [3.05, 3.63) is 113 Å². The zero-order valence-electron chi connectivity index (χ0n) is 17.0. The summed E-state index contributed by atoms with van der Waals surface area (Å²) in [5.74, 6) is 1.08. The average Bonchev–Trinajstić information content (AvgIpc) is 3.12. The Balaban J connectivity index is 1.48. The molecule has 2 aliphatic heterocycles. The van der Waals surface area contributed by atoms with Crippen LogP contribution in [0.4, 0.5) is 0 Å². The lowest BCUT2D eigenvalue weighted by Gasteiger charge is -2.25. The molecule has 1 fully saturated rings. The molecular weight excluding hydrogens is 386 g/mol. The fourth-order valence-electron chi connectivity index (χ4n) is 4.10. The Morgan fingerprint density at radius 3 is 2.29 bits per heavy atom. The highest BCUT2D eigenvalue weighted by molar-refractivity contribution is 6.06. The molecule has 0 bridgehead atoms. The number of aromatic hydroxyl groups is 1. The van der Waals surface area contributed by atoms with Gasteiger partial charge in [-0.1, -0.05) is 72.8 Å². The average molecular weight is 409 g/mol. The SMILES string of the molecule is O=C1C(Cc2ccc(O)cc2)NC2=C(Cc3ccccc3)N=C(c3ccccc3)CN12. The molecule has 1 unspecified atom stereocenters. The van der Waals surface area contributed by atoms with Gasteiger partial charge in [0.25, 0.3) is 5.91 Å². The number of benzene rings is 3. The largest absolute Gasteiger partial charge is 0.508 e. The molecule has 1 atom stereocenters. The lowest BCUT2D eigenvalue weighted by atomic mass is 10.0. The highest BCUT2D eigenvalue weighted by atomic mass is 16.3. The molecule has 3 aromatic carbocycles. The fourth-order valence-corrected chi connectivity index (χ4v) is 4.10. The van der Waals surface area contributed by atoms with Crippen molar-refractivity contribution >= 4 is 11.6 Å². The maximum atomic E-state index is 13.3. The predicted molar refractivity (Wildman–Crippen MR) is 121 cm³/mol. The normalized spacial score (nSPS) is 17.9. The lowest BCUT2D eigenvalue weighted by molar-refractivity contribution is -0.127. The molecule has 0 aliphatic carbocycles. The number of hydrogen-bond acceptors (Lipinski definition) is 4. The summed E-state index contributed by atoms with van der Waals surface area (Å²) in [5.41, 5.74) is 4.95. The zero-order valence-corrected chi connectivity index (χ0v) is 17.0. The molecule has 1 amide bonds. The molecule has 2 heterocycles. The molecule has 0 saturated carbocycles. The molecule has 0 spiro atoms. The van der Waals surface area contributed by atoms with Crippen molar-refractivity contribution in [2.24, 2.45) is 4.99 Å². The predicted octanol–water partition coefficient (Wildman–Crippen LogP) is 3.65. The minimum atomic E-state index is -0.351. The molecule has 0 radical (unpaired) electrons. The second-order valence-corrected chi connectivity index (χ2v) is 7.87. The minimum absolute atomic E-state index is 0.0527. The lowest BCUT2D eigenvalue weighted by Crippen LogP contribution is -2.36. The summed E-state index contributed by atoms with van der Waals surface area (Å²) in [6.45, 7) is 0.454. The molecule has 2 aliphatic rings. The number of fused-ring (bicyclic) bond motifs is 1. The van der Waals surface area contributed by atoms with Gasteiger partial charge in [-0.2, -0.15) is 0 Å². The molecule has 5 heteroatoms. The molecule has 31 heavy (non-hydrogen) atoms. The van der Waals surface area contributed by atoms with Gasteiger partial charge in [0.1, 0.15) is 17.6 Å². The number of phenols is 1. The molecule has 5 nitrogen and oxygen atoms in total. The van der Waals surface area contributed by atoms with E-state index in [0.717, 1.165) is 33.9 Å². The maximum Gasteiger partial charge on any atom is 0.251 e. The van der Waals surface area contributed by atoms with Crippen LogP contribution >= 0.6 is 0 Å². The van der Waals surface area contributed by atoms with Gasteiger partial charge in [0, 0.05) is 12.8 Å². The highest BCUT2D eigenvalue weighted by Crippen LogP contribution is 2.28. The Labute approximate surface area is 181 Å². The van der Waals surface area contributed by atoms with Gasteiger partial charge in [0.05, 0.1) is 18.0 Å². The van der Waals surface area contributed by atoms with Crippen LogP contribution in [0.15, 0.2) is 101 Å². The van der Waals surface area contributed by atoms with Crippen LogP contribution < -0.4 is 5.32 Å². The molecule has 5 rings (SSSR count). The van der Waals surface area contributed by atoms with Gasteiger partial charge in [0.15, 0.2) is 0 Å². The van der Waals surface area contributed by atoms with Gasteiger partial charge in [-0.3, -0.25) is 14.7 Å². The van der Waals surface area contributed by atoms with Crippen LogP contribution in [-0.4, -0.2) is 34.2 Å². The Bertz CT molecular complexity index is 1150. The van der Waals surface area contributed by atoms with Crippen molar-refractivity contribution in [2.75, 3.05) is 6.54 Å². The van der Waals surface area contributed by atoms with E-state index in [0.29, 0.717) is 19.4 Å². The van der Waals surface area contributed by atoms with E-state index in [9.17, 15) is 9.90 Å². The summed E-state index contributed by atoms with van der Waals surface area (Å²) in [6.07, 6.45) is 1.20. The number of amides is 1. The number of allylic oxidation sites excluding steroid dienone is 1. The monoisotopic (exact) mass is 409 g/mol. The molecular formula is C26H23N3O2. The van der Waals surface area contributed by atoms with Crippen LogP contribution in [0.3, 0.4) is 0 Å². The third-order valence-corrected chi connectivity index (χ3v) is 5.69. The third kappa shape index (κ3) is 3.94. The van der Waals surface area contributed by atoms with Gasteiger partial charge in [-0.25, -0.2) is 0 Å². The maximum absolute atomic E-state index is 13.3. The second kappa shape index (κ2) is 8.11. The van der Waals surface area contributed by atoms with E-state index < -0.39 is 0 Å². The number of nitrogens with one attached hydrogen (secondary N) is 1. The van der Waals surface area contributed by atoms with E-state index in [1.807, 2.05) is 65.6 Å². The van der Waals surface area contributed by atoms with Crippen LogP contribution in [0.2, 0.25) is 0 Å². The Hall–Kier alpha value is -3.86. The quantitative estimate of drug-likeness (QED) is 0.676. The van der Waals surface area contributed by atoms with Gasteiger partial charge >= 0.3 is 0 Å². The smallest absolute Gasteiger partial charge is 0.251 e. The van der Waals surface area contributed by atoms with E-state index in [1.165, 1.54) is 0 Å². The summed E-state index contributed by atoms with van der Waals surface area (Å²) in [5, 5.41) is 13.0. The van der Waals surface area contributed by atoms with E-state index in [-0.39, 0.29) is 17.7 Å². The number of carbonyl (C=O) groups is 1. The van der Waals surface area contributed by atoms with Crippen molar-refractivity contribution in [3.8, 4) is 5.75 Å². The van der Waals surface area contributed by atoms with Crippen LogP contribution in [-0.2, 0) is 17.6 Å². The van der Waals surface area contributed by atoms with E-state index >= 15 is 0 Å². The molecule has 3 aromatic rings. The highest BCUT2D eigenvalue weighted by Gasteiger charge is 2.39. The van der Waals surface area contributed by atoms with Crippen molar-refractivity contribution in [3.63, 3.8) is 0 Å². The Morgan fingerprint density at radius 2 is 1.58 bits per heavy atom. The van der Waals surface area contributed by atoms with Gasteiger partial charge in [0.2, 0.25) is 0 Å². The summed E-state index contributed by atoms with van der Waals surface area (Å²) in [4.78, 5) is 20.1. The van der Waals surface area contributed by atoms with Crippen molar-refractivity contribution in [2.45, 2.75) is 18.9 Å². The van der Waals surface area contributed by atoms with Crippen molar-refractivity contribution < 1.29 is 9.90 Å². The summed E-state index contributed by atoms with van der Waals surface area (Å²) >= 11 is 0. The van der Waals surface area contributed by atoms with Gasteiger partial charge in [-0.15, -0.1) is 0 Å². The zero-order chi connectivity index (χ0) is 21.2. The Morgan fingerprint density at radius 1 is 0.903 bits per heavy atom. The van der Waals surface area contributed by atoms with E-state index in [2.05, 4.69) is 17.4 Å². The Kier molecular flexibility index (Phi) is 5.00. The number of nitrogens with zero attached hydrogens (tertiary/aromatic N) is 2. The van der Waals surface area contributed by atoms with Crippen molar-refractivity contribution in [1.82, 2.24) is 10.2 Å². The van der Waals surface area contributed by atoms with E-state index in [1.54, 1.807) is 12.1 Å². The van der Waals surface area contributed by atoms with Crippen LogP contribution in [0, 0.1) is 0 Å². The summed E-state index contributed by atoms with van der Waals surface area (Å²) < 4.78 is 0. The second-order valence-electron chi connectivity index (χ2n) is 7.87. The molecule has 154 valence electrons. The molecule has 2 N–H and O–H groups in total. The van der Waals surface area contributed by atoms with Crippen LogP contribution in [0.1, 0.15) is 16.7 Å². The number of carbonyl (C=O) groups excluding carboxylic acids is 1. The standard InChI is InChI=1S/C26H23N3O2/c30-21-13-11-19(12-14-21)16-23-26(31)29-17-24(20-9-5-2-6-10-20)27-22(25(29)28-23)15-18-7-3-1-4-8-18/h1-14,23,28,30H,15-17H2. The topological polar surface area (TPSA) is 64.9 Å². The van der Waals surface area contributed by atoms with Gasteiger partial charge in [-0.05, 0) is 28.8 Å². The minimum Gasteiger partial charge on any atom is -0.508 e. The summed E-state index contributed by atoms with van der Waals surface area (Å²) in [7, 11) is 0. The number of aliphatic imine (C=N–C) groups is 1. The van der Waals surface area contributed by atoms with Gasteiger partial charge < -0.3 is 10.4 Å². The number of rotatable bonds is 5. The fraction of sp³-hybridized carbons (Fsp3) is 0.154. The van der Waals surface area contributed by atoms with Crippen molar-refractivity contribution in [1.29, 1.82) is 0 Å². The number of phenolic OH excluding ortho intramolecular Hbond substituents is 1. The first kappa shape index (κ1) is 19.1.